The lowest BCUT2D eigenvalue weighted by molar-refractivity contribution is 0.0133. The quantitative estimate of drug-likeness (QED) is 0.682. The van der Waals surface area contributed by atoms with Gasteiger partial charge in [-0.1, -0.05) is 6.92 Å². The van der Waals surface area contributed by atoms with Crippen molar-refractivity contribution in [2.24, 2.45) is 0 Å². The highest BCUT2D eigenvalue weighted by molar-refractivity contribution is 5.69. The molecule has 0 aromatic carbocycles. The first-order valence-electron chi connectivity index (χ1n) is 6.14. The van der Waals surface area contributed by atoms with Gasteiger partial charge in [0.25, 0.3) is 0 Å². The van der Waals surface area contributed by atoms with Gasteiger partial charge in [-0.2, -0.15) is 0 Å². The average molecular weight is 226 g/mol. The van der Waals surface area contributed by atoms with E-state index in [9.17, 15) is 4.79 Å². The predicted molar refractivity (Wildman–Crippen MR) is 62.4 cm³/mol. The standard InChI is InChI=1S/C12H22N2O2/c1-5-13-7-10-6-9(13)8-14(10)11(15)16-12(2,3)4/h9-10H,5-8H2,1-4H3/t9-,10-/m0/s1. The first-order valence-corrected chi connectivity index (χ1v) is 6.14. The van der Waals surface area contributed by atoms with Gasteiger partial charge in [0, 0.05) is 25.2 Å². The maximum atomic E-state index is 11.9. The Morgan fingerprint density at radius 1 is 1.31 bits per heavy atom. The Balaban J connectivity index is 1.93. The van der Waals surface area contributed by atoms with Crippen LogP contribution in [0.1, 0.15) is 34.1 Å². The molecule has 4 heteroatoms. The number of likely N-dealkylation sites (N-methyl/N-ethyl adjacent to an activating group) is 1. The van der Waals surface area contributed by atoms with Crippen LogP contribution >= 0.6 is 0 Å². The Bertz CT molecular complexity index is 285. The van der Waals surface area contributed by atoms with Crippen molar-refractivity contribution in [3.63, 3.8) is 0 Å². The predicted octanol–water partition coefficient (Wildman–Crippen LogP) is 1.70. The molecule has 0 unspecified atom stereocenters. The highest BCUT2D eigenvalue weighted by Crippen LogP contribution is 2.31. The third-order valence-corrected chi connectivity index (χ3v) is 3.39. The molecule has 16 heavy (non-hydrogen) atoms. The number of carbonyl (C=O) groups is 1. The number of ether oxygens (including phenoxy) is 1. The normalized spacial score (nSPS) is 29.9. The summed E-state index contributed by atoms with van der Waals surface area (Å²) < 4.78 is 5.41. The van der Waals surface area contributed by atoms with Crippen molar-refractivity contribution in [3.05, 3.63) is 0 Å². The minimum atomic E-state index is -0.386. The van der Waals surface area contributed by atoms with Crippen molar-refractivity contribution < 1.29 is 9.53 Å². The molecule has 0 spiro atoms. The van der Waals surface area contributed by atoms with Gasteiger partial charge in [-0.3, -0.25) is 4.90 Å². The molecular weight excluding hydrogens is 204 g/mol. The topological polar surface area (TPSA) is 32.8 Å². The SMILES string of the molecule is CCN1C[C@@H]2C[C@H]1CN2C(=O)OC(C)(C)C. The molecule has 2 rings (SSSR count). The first-order chi connectivity index (χ1) is 7.40. The fourth-order valence-corrected chi connectivity index (χ4v) is 2.68. The summed E-state index contributed by atoms with van der Waals surface area (Å²) in [5.74, 6) is 0. The van der Waals surface area contributed by atoms with E-state index in [4.69, 9.17) is 4.74 Å². The van der Waals surface area contributed by atoms with Crippen LogP contribution in [0.3, 0.4) is 0 Å². The molecule has 2 atom stereocenters. The second kappa shape index (κ2) is 3.91. The van der Waals surface area contributed by atoms with E-state index in [1.165, 1.54) is 0 Å². The van der Waals surface area contributed by atoms with Crippen LogP contribution in [0.2, 0.25) is 0 Å². The molecule has 0 aromatic rings. The molecule has 0 N–H and O–H groups in total. The Kier molecular flexibility index (Phi) is 2.86. The number of likely N-dealkylation sites (tertiary alicyclic amines) is 2. The molecule has 2 saturated heterocycles. The number of amides is 1. The molecule has 2 heterocycles. The van der Waals surface area contributed by atoms with E-state index in [1.807, 2.05) is 25.7 Å². The van der Waals surface area contributed by atoms with E-state index in [0.717, 1.165) is 26.1 Å². The first kappa shape index (κ1) is 11.7. The summed E-state index contributed by atoms with van der Waals surface area (Å²) in [6.07, 6.45) is 0.975. The Morgan fingerprint density at radius 2 is 2.00 bits per heavy atom. The molecule has 0 aliphatic carbocycles. The van der Waals surface area contributed by atoms with Gasteiger partial charge in [0.05, 0.1) is 0 Å². The van der Waals surface area contributed by atoms with Crippen molar-refractivity contribution in [2.45, 2.75) is 51.8 Å². The summed E-state index contributed by atoms with van der Waals surface area (Å²) >= 11 is 0. The Hall–Kier alpha value is -0.770. The van der Waals surface area contributed by atoms with Crippen LogP contribution < -0.4 is 0 Å². The minimum absolute atomic E-state index is 0.143. The summed E-state index contributed by atoms with van der Waals surface area (Å²) in [7, 11) is 0. The monoisotopic (exact) mass is 226 g/mol. The van der Waals surface area contributed by atoms with Crippen LogP contribution in [0.5, 0.6) is 0 Å². The fourth-order valence-electron chi connectivity index (χ4n) is 2.68. The van der Waals surface area contributed by atoms with Crippen molar-refractivity contribution in [2.75, 3.05) is 19.6 Å². The third kappa shape index (κ3) is 2.17. The number of carbonyl (C=O) groups excluding carboxylic acids is 1. The molecule has 4 nitrogen and oxygen atoms in total. The van der Waals surface area contributed by atoms with Gasteiger partial charge in [-0.05, 0) is 33.7 Å². The Labute approximate surface area is 97.5 Å². The van der Waals surface area contributed by atoms with E-state index in [2.05, 4.69) is 11.8 Å². The second-order valence-electron chi connectivity index (χ2n) is 5.76. The number of hydrogen-bond acceptors (Lipinski definition) is 3. The second-order valence-corrected chi connectivity index (χ2v) is 5.76. The van der Waals surface area contributed by atoms with Crippen molar-refractivity contribution in [3.8, 4) is 0 Å². The average Bonchev–Trinajstić information content (AvgIpc) is 2.72. The fraction of sp³-hybridized carbons (Fsp3) is 0.917. The lowest BCUT2D eigenvalue weighted by Crippen LogP contribution is -2.49. The number of hydrogen-bond donors (Lipinski definition) is 0. The molecule has 2 aliphatic rings. The molecule has 1 amide bonds. The smallest absolute Gasteiger partial charge is 0.410 e. The molecule has 0 saturated carbocycles. The molecule has 0 aromatic heterocycles. The van der Waals surface area contributed by atoms with Gasteiger partial charge < -0.3 is 9.64 Å². The summed E-state index contributed by atoms with van der Waals surface area (Å²) in [4.78, 5) is 16.3. The molecule has 2 bridgehead atoms. The van der Waals surface area contributed by atoms with Crippen LogP contribution in [0.4, 0.5) is 4.79 Å². The van der Waals surface area contributed by atoms with E-state index in [0.29, 0.717) is 12.1 Å². The number of nitrogens with zero attached hydrogens (tertiary/aromatic N) is 2. The molecule has 2 fully saturated rings. The summed E-state index contributed by atoms with van der Waals surface area (Å²) in [5.41, 5.74) is -0.386. The van der Waals surface area contributed by atoms with Crippen molar-refractivity contribution >= 4 is 6.09 Å². The zero-order chi connectivity index (χ0) is 11.9. The highest BCUT2D eigenvalue weighted by Gasteiger charge is 2.45. The van der Waals surface area contributed by atoms with Crippen LogP contribution in [0.15, 0.2) is 0 Å². The molecular formula is C12H22N2O2. The van der Waals surface area contributed by atoms with Crippen molar-refractivity contribution in [1.29, 1.82) is 0 Å². The highest BCUT2D eigenvalue weighted by atomic mass is 16.6. The van der Waals surface area contributed by atoms with Gasteiger partial charge in [-0.15, -0.1) is 0 Å². The maximum Gasteiger partial charge on any atom is 0.410 e. The summed E-state index contributed by atoms with van der Waals surface area (Å²) in [5, 5.41) is 0. The lowest BCUT2D eigenvalue weighted by atomic mass is 10.2. The maximum absolute atomic E-state index is 11.9. The third-order valence-electron chi connectivity index (χ3n) is 3.39. The summed E-state index contributed by atoms with van der Waals surface area (Å²) in [6, 6.07) is 0.933. The van der Waals surface area contributed by atoms with Crippen LogP contribution in [0.25, 0.3) is 0 Å². The molecule has 2 aliphatic heterocycles. The Morgan fingerprint density at radius 3 is 2.44 bits per heavy atom. The van der Waals surface area contributed by atoms with Gasteiger partial charge in [0.2, 0.25) is 0 Å². The van der Waals surface area contributed by atoms with E-state index >= 15 is 0 Å². The molecule has 0 radical (unpaired) electrons. The van der Waals surface area contributed by atoms with Gasteiger partial charge in [0.15, 0.2) is 0 Å². The van der Waals surface area contributed by atoms with E-state index in [-0.39, 0.29) is 11.7 Å². The summed E-state index contributed by atoms with van der Waals surface area (Å²) in [6.45, 7) is 10.9. The lowest BCUT2D eigenvalue weighted by Gasteiger charge is -2.34. The minimum Gasteiger partial charge on any atom is -0.444 e. The van der Waals surface area contributed by atoms with Gasteiger partial charge in [0.1, 0.15) is 5.60 Å². The largest absolute Gasteiger partial charge is 0.444 e. The zero-order valence-corrected chi connectivity index (χ0v) is 10.7. The van der Waals surface area contributed by atoms with Crippen molar-refractivity contribution in [1.82, 2.24) is 9.80 Å². The number of fused-ring (bicyclic) bond motifs is 2. The van der Waals surface area contributed by atoms with Gasteiger partial charge in [-0.25, -0.2) is 4.79 Å². The van der Waals surface area contributed by atoms with Crippen LogP contribution in [-0.4, -0.2) is 53.2 Å². The van der Waals surface area contributed by atoms with E-state index < -0.39 is 0 Å². The molecule has 92 valence electrons. The van der Waals surface area contributed by atoms with Gasteiger partial charge >= 0.3 is 6.09 Å². The zero-order valence-electron chi connectivity index (χ0n) is 10.7. The van der Waals surface area contributed by atoms with Crippen LogP contribution in [-0.2, 0) is 4.74 Å². The van der Waals surface area contributed by atoms with Crippen LogP contribution in [0, 0.1) is 0 Å². The number of piperazine rings is 1. The van der Waals surface area contributed by atoms with E-state index in [1.54, 1.807) is 0 Å². The number of rotatable bonds is 1.